The average molecular weight is 354 g/mol. The van der Waals surface area contributed by atoms with Gasteiger partial charge in [0, 0.05) is 11.5 Å². The molecule has 2 N–H and O–H groups in total. The third-order valence-electron chi connectivity index (χ3n) is 5.56. The lowest BCUT2D eigenvalue weighted by Gasteiger charge is -2.37. The first-order valence-electron chi connectivity index (χ1n) is 10.0. The van der Waals surface area contributed by atoms with Gasteiger partial charge in [0.05, 0.1) is 0 Å². The molecule has 1 unspecified atom stereocenters. The summed E-state index contributed by atoms with van der Waals surface area (Å²) in [4.78, 5) is 0. The first-order chi connectivity index (χ1) is 11.2. The Morgan fingerprint density at radius 2 is 1.29 bits per heavy atom. The van der Waals surface area contributed by atoms with Crippen LogP contribution in [0.5, 0.6) is 0 Å². The number of benzene rings is 1. The zero-order chi connectivity index (χ0) is 17.0. The van der Waals surface area contributed by atoms with E-state index in [1.807, 2.05) is 0 Å². The fraction of sp³-hybridized carbons (Fsp3) is 0.727. The molecule has 1 aromatic carbocycles. The van der Waals surface area contributed by atoms with Crippen molar-refractivity contribution in [3.05, 3.63) is 35.9 Å². The summed E-state index contributed by atoms with van der Waals surface area (Å²) in [5.74, 6) is 0.499. The first kappa shape index (κ1) is 23.5. The normalized spacial score (nSPS) is 12.7. The smallest absolute Gasteiger partial charge is 0.0218 e. The second kappa shape index (κ2) is 13.7. The predicted molar refractivity (Wildman–Crippen MR) is 111 cm³/mol. The number of unbranched alkanes of at least 4 members (excludes halogenated alkanes) is 7. The third-order valence-corrected chi connectivity index (χ3v) is 5.56. The van der Waals surface area contributed by atoms with E-state index in [2.05, 4.69) is 51.1 Å². The van der Waals surface area contributed by atoms with Gasteiger partial charge < -0.3 is 5.73 Å². The van der Waals surface area contributed by atoms with Crippen molar-refractivity contribution in [1.82, 2.24) is 0 Å². The van der Waals surface area contributed by atoms with Crippen molar-refractivity contribution in [2.45, 2.75) is 103 Å². The van der Waals surface area contributed by atoms with Crippen LogP contribution < -0.4 is 5.73 Å². The van der Waals surface area contributed by atoms with Crippen LogP contribution in [-0.2, 0) is 0 Å². The Bertz CT molecular complexity index is 386. The molecule has 1 aromatic rings. The molecule has 0 aliphatic rings. The molecule has 2 heteroatoms. The van der Waals surface area contributed by atoms with E-state index >= 15 is 0 Å². The highest BCUT2D eigenvalue weighted by atomic mass is 35.5. The van der Waals surface area contributed by atoms with Crippen LogP contribution in [0.4, 0.5) is 0 Å². The monoisotopic (exact) mass is 353 g/mol. The number of nitrogens with two attached hydrogens (primary N) is 1. The second-order valence-electron chi connectivity index (χ2n) is 7.17. The van der Waals surface area contributed by atoms with E-state index in [1.165, 1.54) is 63.4 Å². The van der Waals surface area contributed by atoms with Gasteiger partial charge in [0.2, 0.25) is 0 Å². The van der Waals surface area contributed by atoms with Gasteiger partial charge >= 0.3 is 0 Å². The number of rotatable bonds is 13. The third kappa shape index (κ3) is 8.03. The molecule has 1 rings (SSSR count). The molecule has 0 fully saturated rings. The van der Waals surface area contributed by atoms with E-state index in [0.717, 1.165) is 12.8 Å². The minimum atomic E-state index is -0.0531. The van der Waals surface area contributed by atoms with Gasteiger partial charge in [0.25, 0.3) is 0 Å². The Balaban J connectivity index is 0.00000529. The highest BCUT2D eigenvalue weighted by Crippen LogP contribution is 2.36. The molecule has 0 aromatic heterocycles. The Labute approximate surface area is 157 Å². The van der Waals surface area contributed by atoms with Crippen molar-refractivity contribution in [1.29, 1.82) is 0 Å². The van der Waals surface area contributed by atoms with Gasteiger partial charge in [0.1, 0.15) is 0 Å². The molecule has 0 aliphatic carbocycles. The number of halogens is 1. The van der Waals surface area contributed by atoms with Crippen LogP contribution in [0, 0.1) is 0 Å². The zero-order valence-electron chi connectivity index (χ0n) is 16.2. The summed E-state index contributed by atoms with van der Waals surface area (Å²) in [5, 5.41) is 0. The van der Waals surface area contributed by atoms with Crippen LogP contribution >= 0.6 is 12.4 Å². The Morgan fingerprint density at radius 3 is 1.79 bits per heavy atom. The summed E-state index contributed by atoms with van der Waals surface area (Å²) in [5.41, 5.74) is 8.15. The molecule has 0 aliphatic heterocycles. The van der Waals surface area contributed by atoms with Crippen molar-refractivity contribution >= 4 is 12.4 Å². The van der Waals surface area contributed by atoms with Crippen molar-refractivity contribution in [3.8, 4) is 0 Å². The maximum absolute atomic E-state index is 6.77. The van der Waals surface area contributed by atoms with Crippen molar-refractivity contribution in [2.75, 3.05) is 0 Å². The van der Waals surface area contributed by atoms with Crippen molar-refractivity contribution in [3.63, 3.8) is 0 Å². The molecule has 140 valence electrons. The fourth-order valence-corrected chi connectivity index (χ4v) is 3.70. The molecule has 0 spiro atoms. The van der Waals surface area contributed by atoms with Gasteiger partial charge in [-0.1, -0.05) is 102 Å². The highest BCUT2D eigenvalue weighted by molar-refractivity contribution is 5.85. The quantitative estimate of drug-likeness (QED) is 0.371. The van der Waals surface area contributed by atoms with Gasteiger partial charge in [0.15, 0.2) is 0 Å². The average Bonchev–Trinajstić information content (AvgIpc) is 2.60. The molecule has 1 atom stereocenters. The molecule has 0 bridgehead atoms. The van der Waals surface area contributed by atoms with Gasteiger partial charge in [-0.25, -0.2) is 0 Å². The predicted octanol–water partition coefficient (Wildman–Crippen LogP) is 7.24. The van der Waals surface area contributed by atoms with E-state index in [0.29, 0.717) is 5.92 Å². The number of hydrogen-bond acceptors (Lipinski definition) is 1. The summed E-state index contributed by atoms with van der Waals surface area (Å²) in [6.45, 7) is 6.77. The minimum Gasteiger partial charge on any atom is -0.325 e. The molecular formula is C22H40ClN. The van der Waals surface area contributed by atoms with Crippen molar-refractivity contribution in [2.24, 2.45) is 5.73 Å². The Morgan fingerprint density at radius 1 is 0.792 bits per heavy atom. The topological polar surface area (TPSA) is 26.0 Å². The largest absolute Gasteiger partial charge is 0.325 e. The zero-order valence-corrected chi connectivity index (χ0v) is 17.0. The molecule has 0 saturated heterocycles. The van der Waals surface area contributed by atoms with Crippen molar-refractivity contribution < 1.29 is 0 Å². The summed E-state index contributed by atoms with van der Waals surface area (Å²) in [6, 6.07) is 10.9. The summed E-state index contributed by atoms with van der Waals surface area (Å²) in [7, 11) is 0. The molecule has 24 heavy (non-hydrogen) atoms. The van der Waals surface area contributed by atoms with Crippen LogP contribution in [0.2, 0.25) is 0 Å². The number of hydrogen-bond donors (Lipinski definition) is 1. The van der Waals surface area contributed by atoms with E-state index in [9.17, 15) is 0 Å². The molecule has 1 nitrogen and oxygen atoms in total. The molecule has 0 saturated carbocycles. The second-order valence-corrected chi connectivity index (χ2v) is 7.17. The van der Waals surface area contributed by atoms with E-state index in [-0.39, 0.29) is 17.9 Å². The lowest BCUT2D eigenvalue weighted by molar-refractivity contribution is 0.300. The Hall–Kier alpha value is -0.530. The van der Waals surface area contributed by atoms with E-state index in [4.69, 9.17) is 5.73 Å². The SMILES string of the molecule is CCCCCCCCCCC(c1ccccc1)C(N)(CC)CC.Cl. The molecule has 0 amide bonds. The standard InChI is InChI=1S/C22H39N.ClH/c1-4-7-8-9-10-11-12-16-19-21(22(23,5-2)6-3)20-17-14-13-15-18-20;/h13-15,17-18,21H,4-12,16,19,23H2,1-3H3;1H. The summed E-state index contributed by atoms with van der Waals surface area (Å²) in [6.07, 6.45) is 14.4. The molecule has 0 heterocycles. The Kier molecular flexibility index (Phi) is 13.4. The maximum atomic E-state index is 6.77. The van der Waals surface area contributed by atoms with Gasteiger partial charge in [-0.05, 0) is 24.8 Å². The maximum Gasteiger partial charge on any atom is 0.0218 e. The highest BCUT2D eigenvalue weighted by Gasteiger charge is 2.32. The minimum absolute atomic E-state index is 0. The van der Waals surface area contributed by atoms with Gasteiger partial charge in [-0.3, -0.25) is 0 Å². The molecular weight excluding hydrogens is 314 g/mol. The van der Waals surface area contributed by atoms with Crippen LogP contribution in [0.1, 0.15) is 103 Å². The van der Waals surface area contributed by atoms with Gasteiger partial charge in [-0.2, -0.15) is 0 Å². The van der Waals surface area contributed by atoms with Crippen LogP contribution in [0.3, 0.4) is 0 Å². The molecule has 0 radical (unpaired) electrons. The fourth-order valence-electron chi connectivity index (χ4n) is 3.70. The first-order valence-corrected chi connectivity index (χ1v) is 10.0. The summed E-state index contributed by atoms with van der Waals surface area (Å²) >= 11 is 0. The lowest BCUT2D eigenvalue weighted by Crippen LogP contribution is -2.44. The van der Waals surface area contributed by atoms with Gasteiger partial charge in [-0.15, -0.1) is 12.4 Å². The lowest BCUT2D eigenvalue weighted by atomic mass is 9.73. The van der Waals surface area contributed by atoms with Crippen LogP contribution in [-0.4, -0.2) is 5.54 Å². The van der Waals surface area contributed by atoms with Crippen LogP contribution in [0.25, 0.3) is 0 Å². The van der Waals surface area contributed by atoms with Crippen LogP contribution in [0.15, 0.2) is 30.3 Å². The summed E-state index contributed by atoms with van der Waals surface area (Å²) < 4.78 is 0. The van der Waals surface area contributed by atoms with E-state index in [1.54, 1.807) is 0 Å². The van der Waals surface area contributed by atoms with E-state index < -0.39 is 0 Å².